The van der Waals surface area contributed by atoms with Crippen molar-refractivity contribution in [2.45, 2.75) is 29.1 Å². The minimum Gasteiger partial charge on any atom is -0.455 e. The van der Waals surface area contributed by atoms with Crippen LogP contribution in [0.15, 0.2) is 178 Å². The number of hydrogen-bond acceptors (Lipinski definition) is 5. The van der Waals surface area contributed by atoms with E-state index >= 15 is 0 Å². The molecule has 0 spiro atoms. The van der Waals surface area contributed by atoms with Gasteiger partial charge in [-0.1, -0.05) is 135 Å². The van der Waals surface area contributed by atoms with Gasteiger partial charge >= 0.3 is 6.85 Å². The Hall–Kier alpha value is -6.63. The van der Waals surface area contributed by atoms with Crippen molar-refractivity contribution in [1.82, 2.24) is 0 Å². The predicted octanol–water partition coefficient (Wildman–Crippen LogP) is 12.9. The molecule has 268 valence electrons. The number of furan rings is 1. The molecule has 4 aliphatic heterocycles. The summed E-state index contributed by atoms with van der Waals surface area (Å²) in [6.45, 7) is 4.60. The van der Waals surface area contributed by atoms with Crippen LogP contribution in [0.3, 0.4) is 0 Å². The van der Waals surface area contributed by atoms with Crippen molar-refractivity contribution in [3.8, 4) is 33.8 Å². The molecule has 6 heteroatoms. The van der Waals surface area contributed by atoms with Gasteiger partial charge in [0.2, 0.25) is 0 Å². The first-order valence-corrected chi connectivity index (χ1v) is 20.4. The largest absolute Gasteiger partial charge is 0.455 e. The number of nitrogens with zero attached hydrogens (tertiary/aromatic N) is 2. The van der Waals surface area contributed by atoms with Crippen LogP contribution in [0.2, 0.25) is 0 Å². The molecule has 9 aromatic rings. The molecule has 0 aliphatic carbocycles. The van der Waals surface area contributed by atoms with Crippen molar-refractivity contribution in [3.05, 3.63) is 175 Å². The average Bonchev–Trinajstić information content (AvgIpc) is 3.63. The van der Waals surface area contributed by atoms with Gasteiger partial charge in [-0.05, 0) is 81.7 Å². The Morgan fingerprint density at radius 1 is 0.579 bits per heavy atom. The maximum atomic E-state index is 7.01. The fraction of sp³-hybridized carbons (Fsp3) is 0.0588. The topological polar surface area (TPSA) is 28.9 Å². The minimum atomic E-state index is -0.211. The maximum Gasteiger partial charge on any atom is 0.333 e. The molecule has 0 saturated carbocycles. The first-order valence-electron chi connectivity index (χ1n) is 19.6. The zero-order chi connectivity index (χ0) is 37.6. The predicted molar refractivity (Wildman–Crippen MR) is 236 cm³/mol. The lowest BCUT2D eigenvalue weighted by atomic mass is 9.42. The molecule has 1 aromatic heterocycles. The number of hydrogen-bond donors (Lipinski definition) is 0. The highest BCUT2D eigenvalue weighted by Gasteiger charge is 2.50. The number of benzene rings is 8. The van der Waals surface area contributed by atoms with Gasteiger partial charge in [0.25, 0.3) is 0 Å². The van der Waals surface area contributed by atoms with Crippen molar-refractivity contribution >= 4 is 79.9 Å². The summed E-state index contributed by atoms with van der Waals surface area (Å²) in [5, 5.41) is 2.25. The molecule has 0 unspecified atom stereocenters. The van der Waals surface area contributed by atoms with Crippen LogP contribution in [0.1, 0.15) is 25.0 Å². The van der Waals surface area contributed by atoms with Crippen LogP contribution < -0.4 is 25.4 Å². The molecule has 0 fully saturated rings. The van der Waals surface area contributed by atoms with E-state index in [2.05, 4.69) is 181 Å². The van der Waals surface area contributed by atoms with E-state index < -0.39 is 0 Å². The van der Waals surface area contributed by atoms with Crippen LogP contribution in [0.25, 0.3) is 44.2 Å². The zero-order valence-electron chi connectivity index (χ0n) is 31.3. The van der Waals surface area contributed by atoms with Gasteiger partial charge < -0.3 is 18.9 Å². The van der Waals surface area contributed by atoms with Crippen LogP contribution in [0, 0.1) is 0 Å². The Morgan fingerprint density at radius 2 is 1.33 bits per heavy atom. The lowest BCUT2D eigenvalue weighted by Crippen LogP contribution is -2.62. The number of ether oxygens (including phenoxy) is 1. The second-order valence-electron chi connectivity index (χ2n) is 16.0. The standard InChI is InChI=1S/C51H33BN2O2S/c1-51(2)36-16-7-8-19-39(36)53-41-27-34-33-15-6-9-20-42(33)56-50(34)47-35-28-46-44(55-43-21-10-11-22-45(43)57-46)29-40(35)54(52(48(41)47)38-18-12-17-37(51)49(38)53)32-25-23-31(24-26-32)30-13-4-3-5-14-30/h3-29H,1-2H3. The van der Waals surface area contributed by atoms with E-state index in [-0.39, 0.29) is 12.3 Å². The Labute approximate surface area is 335 Å². The summed E-state index contributed by atoms with van der Waals surface area (Å²) in [5.41, 5.74) is 17.4. The van der Waals surface area contributed by atoms with Gasteiger partial charge in [0.15, 0.2) is 0 Å². The molecule has 5 heterocycles. The number of rotatable bonds is 2. The minimum absolute atomic E-state index is 0.156. The second-order valence-corrected chi connectivity index (χ2v) is 17.1. The molecular weight excluding hydrogens is 715 g/mol. The first-order chi connectivity index (χ1) is 28.0. The Kier molecular flexibility index (Phi) is 6.23. The van der Waals surface area contributed by atoms with E-state index in [4.69, 9.17) is 9.15 Å². The van der Waals surface area contributed by atoms with Crippen molar-refractivity contribution in [3.63, 3.8) is 0 Å². The summed E-state index contributed by atoms with van der Waals surface area (Å²) in [5.74, 6) is 1.75. The Balaban J connectivity index is 1.17. The SMILES string of the molecule is CC1(C)c2ccccc2N2c3cc4c(oc5ccccc54)c4c3B(c3cccc1c32)N(c1ccc(-c2ccccc2)cc1)c1cc2c(cc1-4)Sc1ccccc1O2. The third-order valence-corrected chi connectivity index (χ3v) is 13.8. The molecule has 0 N–H and O–H groups in total. The quantitative estimate of drug-likeness (QED) is 0.164. The number of anilines is 5. The van der Waals surface area contributed by atoms with Gasteiger partial charge in [0, 0.05) is 56.1 Å². The highest BCUT2D eigenvalue weighted by atomic mass is 32.2. The monoisotopic (exact) mass is 748 g/mol. The summed E-state index contributed by atoms with van der Waals surface area (Å²) in [6.07, 6.45) is 0. The molecule has 0 atom stereocenters. The highest BCUT2D eigenvalue weighted by molar-refractivity contribution is 7.99. The first kappa shape index (κ1) is 31.6. The van der Waals surface area contributed by atoms with Crippen LogP contribution in [-0.4, -0.2) is 6.85 Å². The smallest absolute Gasteiger partial charge is 0.333 e. The maximum absolute atomic E-state index is 7.01. The Bertz CT molecular complexity index is 3190. The molecule has 4 aliphatic rings. The van der Waals surface area contributed by atoms with Crippen molar-refractivity contribution in [2.75, 3.05) is 9.71 Å². The molecule has 0 saturated heterocycles. The van der Waals surface area contributed by atoms with Crippen LogP contribution in [0.5, 0.6) is 11.5 Å². The summed E-state index contributed by atoms with van der Waals surface area (Å²) in [6, 6.07) is 59.6. The summed E-state index contributed by atoms with van der Waals surface area (Å²) in [7, 11) is 0. The summed E-state index contributed by atoms with van der Waals surface area (Å²) < 4.78 is 13.8. The lowest BCUT2D eigenvalue weighted by molar-refractivity contribution is 0.455. The van der Waals surface area contributed by atoms with Gasteiger partial charge in [0.1, 0.15) is 22.7 Å². The Morgan fingerprint density at radius 3 is 2.23 bits per heavy atom. The summed E-state index contributed by atoms with van der Waals surface area (Å²) in [4.78, 5) is 7.34. The molecule has 8 aromatic carbocycles. The molecular formula is C51H33BN2O2S. The van der Waals surface area contributed by atoms with Gasteiger partial charge in [-0.3, -0.25) is 0 Å². The van der Waals surface area contributed by atoms with Gasteiger partial charge in [-0.15, -0.1) is 0 Å². The van der Waals surface area contributed by atoms with E-state index in [1.54, 1.807) is 11.8 Å². The van der Waals surface area contributed by atoms with E-state index in [1.165, 1.54) is 50.2 Å². The van der Waals surface area contributed by atoms with Gasteiger partial charge in [-0.25, -0.2) is 0 Å². The van der Waals surface area contributed by atoms with E-state index in [0.29, 0.717) is 0 Å². The molecule has 13 rings (SSSR count). The summed E-state index contributed by atoms with van der Waals surface area (Å²) >= 11 is 1.77. The molecule has 0 radical (unpaired) electrons. The van der Waals surface area contributed by atoms with E-state index in [0.717, 1.165) is 65.7 Å². The van der Waals surface area contributed by atoms with Crippen LogP contribution in [-0.2, 0) is 5.41 Å². The van der Waals surface area contributed by atoms with E-state index in [1.807, 2.05) is 6.07 Å². The fourth-order valence-corrected chi connectivity index (χ4v) is 11.1. The zero-order valence-corrected chi connectivity index (χ0v) is 32.1. The number of para-hydroxylation sites is 4. The fourth-order valence-electron chi connectivity index (χ4n) is 10.1. The lowest BCUT2D eigenvalue weighted by Gasteiger charge is -2.50. The average molecular weight is 749 g/mol. The highest BCUT2D eigenvalue weighted by Crippen LogP contribution is 2.58. The molecule has 0 amide bonds. The number of fused-ring (bicyclic) bond motifs is 12. The van der Waals surface area contributed by atoms with Crippen molar-refractivity contribution in [2.24, 2.45) is 0 Å². The molecule has 0 bridgehead atoms. The van der Waals surface area contributed by atoms with Gasteiger partial charge in [0.05, 0.1) is 15.5 Å². The van der Waals surface area contributed by atoms with Gasteiger partial charge in [-0.2, -0.15) is 0 Å². The molecule has 4 nitrogen and oxygen atoms in total. The normalized spacial score (nSPS) is 14.9. The second kappa shape index (κ2) is 11.2. The van der Waals surface area contributed by atoms with Crippen LogP contribution in [0.4, 0.5) is 28.4 Å². The van der Waals surface area contributed by atoms with E-state index in [9.17, 15) is 0 Å². The molecule has 57 heavy (non-hydrogen) atoms. The van der Waals surface area contributed by atoms with Crippen molar-refractivity contribution in [1.29, 1.82) is 0 Å². The third kappa shape index (κ3) is 4.20. The third-order valence-electron chi connectivity index (χ3n) is 12.7. The van der Waals surface area contributed by atoms with Crippen molar-refractivity contribution < 1.29 is 9.15 Å². The van der Waals surface area contributed by atoms with Crippen LogP contribution >= 0.6 is 11.8 Å².